The van der Waals surface area contributed by atoms with Crippen LogP contribution in [0.4, 0.5) is 11.4 Å². The number of rotatable bonds is 6. The zero-order valence-electron chi connectivity index (χ0n) is 29.1. The second kappa shape index (κ2) is 10.0. The van der Waals surface area contributed by atoms with Gasteiger partial charge in [0.15, 0.2) is 0 Å². The van der Waals surface area contributed by atoms with E-state index in [1.54, 1.807) is 11.1 Å². The van der Waals surface area contributed by atoms with Gasteiger partial charge in [-0.15, -0.1) is 0 Å². The van der Waals surface area contributed by atoms with Crippen molar-refractivity contribution in [3.05, 3.63) is 132 Å². The van der Waals surface area contributed by atoms with E-state index in [9.17, 15) is 10.2 Å². The minimum absolute atomic E-state index is 0.0183. The average Bonchev–Trinajstić information content (AvgIpc) is 3.81. The number of para-hydroxylation sites is 2. The highest BCUT2D eigenvalue weighted by atomic mass is 16.3. The van der Waals surface area contributed by atoms with Crippen molar-refractivity contribution < 1.29 is 19.2 Å². The smallest absolute Gasteiger partial charge is 0.103 e. The molecule has 0 aromatic heterocycles. The van der Waals surface area contributed by atoms with Crippen molar-refractivity contribution in [1.82, 2.24) is 0 Å². The van der Waals surface area contributed by atoms with Crippen LogP contribution < -0.4 is 9.80 Å². The number of nitrogens with zero attached hydrogens (tertiary/aromatic N) is 4. The Morgan fingerprint density at radius 3 is 1.54 bits per heavy atom. The van der Waals surface area contributed by atoms with E-state index in [4.69, 9.17) is 0 Å². The quantitative estimate of drug-likeness (QED) is 0.317. The van der Waals surface area contributed by atoms with E-state index < -0.39 is 0 Å². The lowest BCUT2D eigenvalue weighted by Gasteiger charge is -2.59. The molecule has 1 unspecified atom stereocenters. The molecule has 10 atom stereocenters. The number of hydrogen-bond acceptors (Lipinski definition) is 4. The summed E-state index contributed by atoms with van der Waals surface area (Å²) in [4.78, 5) is 5.54. The molecule has 2 aromatic carbocycles. The Morgan fingerprint density at radius 2 is 1.12 bits per heavy atom. The predicted octanol–water partition coefficient (Wildman–Crippen LogP) is 5.48. The van der Waals surface area contributed by atoms with E-state index in [1.165, 1.54) is 33.6 Å². The van der Waals surface area contributed by atoms with Gasteiger partial charge in [-0.3, -0.25) is 0 Å². The van der Waals surface area contributed by atoms with E-state index in [1.807, 2.05) is 0 Å². The summed E-state index contributed by atoms with van der Waals surface area (Å²) in [5.41, 5.74) is 11.8. The monoisotopic (exact) mass is 666 g/mol. The molecule has 2 spiro atoms. The van der Waals surface area contributed by atoms with Crippen molar-refractivity contribution in [2.75, 3.05) is 62.3 Å². The standard InChI is InChI=1S/C44H50N4O2/c1-3-17-47-19-15-43-35-9-5-7-11-37(35)45-26-34-32-24-40-44(16-20-48(40,18-4-2)28-30(32)14-22-50)36-10-6-8-12-38(36)46(42(34)44)25-33(41(43)45)31(23-39(43)47)29(27-47)13-21-49/h3-14,25-26,31-32,39-42,49-50H,1-2,15-24,27-28H2/q+2/b29-13?,30-14?,33-25-,34-26-/t31-,32-,39-,40-,41-,42-,43+,44+,47-,48?/m0/s1. The zero-order chi connectivity index (χ0) is 33.6. The summed E-state index contributed by atoms with van der Waals surface area (Å²) in [5, 5.41) is 20.9. The van der Waals surface area contributed by atoms with Crippen molar-refractivity contribution in [1.29, 1.82) is 0 Å². The molecule has 11 rings (SSSR count). The van der Waals surface area contributed by atoms with E-state index in [2.05, 4.69) is 108 Å². The van der Waals surface area contributed by atoms with Gasteiger partial charge >= 0.3 is 0 Å². The molecule has 6 heteroatoms. The summed E-state index contributed by atoms with van der Waals surface area (Å²) in [6.45, 7) is 15.0. The maximum Gasteiger partial charge on any atom is 0.103 e. The SMILES string of the molecule is C=CC[N+]12CC[C@]34c5ccccc5N5/C=C6\[C@@H]7N(/C=C(\[C@H]53)[C@@H](C[C@@H]41)C(=CCO)C2)c1ccccc1[C@@]71CC[N@@+]2(CC=C)CC(=CCO)[C@@H]6C[C@@H]12. The number of piperidine rings is 2. The molecule has 7 aliphatic heterocycles. The number of benzene rings is 2. The Balaban J connectivity index is 1.22. The van der Waals surface area contributed by atoms with Gasteiger partial charge in [0.25, 0.3) is 0 Å². The Kier molecular flexibility index (Phi) is 6.00. The highest BCUT2D eigenvalue weighted by Gasteiger charge is 2.75. The normalized spacial score (nSPS) is 45.5. The van der Waals surface area contributed by atoms with Crippen molar-refractivity contribution in [3.8, 4) is 0 Å². The lowest BCUT2D eigenvalue weighted by Crippen LogP contribution is -2.69. The molecule has 9 aliphatic rings. The molecule has 2 saturated carbocycles. The van der Waals surface area contributed by atoms with E-state index >= 15 is 0 Å². The van der Waals surface area contributed by atoms with E-state index in [0.717, 1.165) is 73.9 Å². The Hall–Kier alpha value is -3.68. The number of aliphatic hydroxyl groups excluding tert-OH is 2. The predicted molar refractivity (Wildman–Crippen MR) is 198 cm³/mol. The van der Waals surface area contributed by atoms with Gasteiger partial charge < -0.3 is 29.0 Å². The van der Waals surface area contributed by atoms with E-state index in [-0.39, 0.29) is 36.1 Å². The van der Waals surface area contributed by atoms with Crippen LogP contribution in [0.15, 0.2) is 121 Å². The van der Waals surface area contributed by atoms with Crippen LogP contribution in [0.2, 0.25) is 0 Å². The number of hydrogen-bond donors (Lipinski definition) is 2. The van der Waals surface area contributed by atoms with Gasteiger partial charge in [-0.05, 0) is 57.7 Å². The Labute approximate surface area is 296 Å². The van der Waals surface area contributed by atoms with Crippen LogP contribution in [0.25, 0.3) is 0 Å². The topological polar surface area (TPSA) is 46.9 Å². The molecular formula is C44H50N4O2+2. The summed E-state index contributed by atoms with van der Waals surface area (Å²) >= 11 is 0. The highest BCUT2D eigenvalue weighted by Crippen LogP contribution is 2.69. The molecule has 50 heavy (non-hydrogen) atoms. The number of quaternary nitrogens is 2. The minimum Gasteiger partial charge on any atom is -0.392 e. The Bertz CT molecular complexity index is 1850. The van der Waals surface area contributed by atoms with Crippen molar-refractivity contribution in [3.63, 3.8) is 0 Å². The zero-order valence-corrected chi connectivity index (χ0v) is 29.1. The fourth-order valence-electron chi connectivity index (χ4n) is 14.6. The first-order chi connectivity index (χ1) is 24.5. The number of anilines is 2. The maximum absolute atomic E-state index is 10.5. The molecular weight excluding hydrogens is 617 g/mol. The van der Waals surface area contributed by atoms with Crippen molar-refractivity contribution in [2.24, 2.45) is 11.8 Å². The fraction of sp³-hybridized carbons (Fsp3) is 0.455. The van der Waals surface area contributed by atoms with Crippen molar-refractivity contribution in [2.45, 2.75) is 60.7 Å². The van der Waals surface area contributed by atoms with Crippen LogP contribution in [0, 0.1) is 11.8 Å². The van der Waals surface area contributed by atoms with Gasteiger partial charge in [0.05, 0.1) is 62.3 Å². The third-order valence-electron chi connectivity index (χ3n) is 15.9. The van der Waals surface area contributed by atoms with Crippen molar-refractivity contribution >= 4 is 11.4 Å². The van der Waals surface area contributed by atoms with Crippen LogP contribution in [-0.2, 0) is 10.8 Å². The minimum atomic E-state index is 0.0183. The van der Waals surface area contributed by atoms with Crippen LogP contribution in [0.3, 0.4) is 0 Å². The summed E-state index contributed by atoms with van der Waals surface area (Å²) in [6, 6.07) is 20.3. The molecule has 7 heterocycles. The van der Waals surface area contributed by atoms with Crippen LogP contribution in [-0.4, -0.2) is 95.8 Å². The lowest BCUT2D eigenvalue weighted by molar-refractivity contribution is -0.937. The fourth-order valence-corrected chi connectivity index (χ4v) is 14.6. The third-order valence-corrected chi connectivity index (χ3v) is 15.9. The Morgan fingerprint density at radius 1 is 0.680 bits per heavy atom. The first kappa shape index (κ1) is 30.0. The first-order valence-corrected chi connectivity index (χ1v) is 19.2. The van der Waals surface area contributed by atoms with Crippen LogP contribution in [0.1, 0.15) is 36.8 Å². The molecule has 0 radical (unpaired) electrons. The molecule has 256 valence electrons. The van der Waals surface area contributed by atoms with Gasteiger partial charge in [-0.1, -0.05) is 61.7 Å². The molecule has 4 saturated heterocycles. The van der Waals surface area contributed by atoms with Crippen LogP contribution in [0.5, 0.6) is 0 Å². The van der Waals surface area contributed by atoms with Gasteiger partial charge in [0.1, 0.15) is 25.2 Å². The van der Waals surface area contributed by atoms with Gasteiger partial charge in [0, 0.05) is 61.3 Å². The van der Waals surface area contributed by atoms with Gasteiger partial charge in [0.2, 0.25) is 0 Å². The molecule has 2 aliphatic carbocycles. The highest BCUT2D eigenvalue weighted by molar-refractivity contribution is 5.77. The van der Waals surface area contributed by atoms with E-state index in [0.29, 0.717) is 23.9 Å². The summed E-state index contributed by atoms with van der Waals surface area (Å²) < 4.78 is 2.12. The van der Waals surface area contributed by atoms with Gasteiger partial charge in [-0.2, -0.15) is 0 Å². The summed E-state index contributed by atoms with van der Waals surface area (Å²) in [7, 11) is 0. The summed E-state index contributed by atoms with van der Waals surface area (Å²) in [6.07, 6.45) is 18.6. The second-order valence-corrected chi connectivity index (χ2v) is 17.2. The largest absolute Gasteiger partial charge is 0.392 e. The molecule has 6 nitrogen and oxygen atoms in total. The number of aliphatic hydroxyl groups is 2. The maximum atomic E-state index is 10.5. The molecule has 2 N–H and O–H groups in total. The van der Waals surface area contributed by atoms with Crippen LogP contribution >= 0.6 is 0 Å². The molecule has 4 bridgehead atoms. The second-order valence-electron chi connectivity index (χ2n) is 17.2. The number of fused-ring (bicyclic) bond motifs is 8. The third kappa shape index (κ3) is 3.24. The molecule has 2 aromatic rings. The average molecular weight is 667 g/mol. The summed E-state index contributed by atoms with van der Waals surface area (Å²) in [5.74, 6) is 0.615. The molecule has 0 amide bonds. The first-order valence-electron chi connectivity index (χ1n) is 19.2. The lowest BCUT2D eigenvalue weighted by atomic mass is 9.56. The van der Waals surface area contributed by atoms with Gasteiger partial charge in [-0.25, -0.2) is 0 Å². The molecule has 6 fully saturated rings.